The summed E-state index contributed by atoms with van der Waals surface area (Å²) in [4.78, 5) is 21.8. The van der Waals surface area contributed by atoms with Gasteiger partial charge in [-0.15, -0.1) is 0 Å². The highest BCUT2D eigenvalue weighted by Crippen LogP contribution is 2.28. The van der Waals surface area contributed by atoms with Crippen LogP contribution in [0.15, 0.2) is 36.4 Å². The minimum Gasteiger partial charge on any atom is -0.506 e. The van der Waals surface area contributed by atoms with Crippen molar-refractivity contribution in [3.63, 3.8) is 0 Å². The summed E-state index contributed by atoms with van der Waals surface area (Å²) in [5, 5.41) is 22.5. The molecular weight excluding hydrogens is 279 g/mol. The second-order valence-corrected chi connectivity index (χ2v) is 4.35. The maximum Gasteiger partial charge on any atom is 0.273 e. The van der Waals surface area contributed by atoms with Crippen LogP contribution in [0.4, 0.5) is 15.8 Å². The van der Waals surface area contributed by atoms with E-state index >= 15 is 0 Å². The molecule has 0 bridgehead atoms. The number of nitro groups is 1. The first kappa shape index (κ1) is 14.4. The van der Waals surface area contributed by atoms with E-state index in [0.29, 0.717) is 5.56 Å². The van der Waals surface area contributed by atoms with Crippen LogP contribution in [0.5, 0.6) is 5.75 Å². The predicted molar refractivity (Wildman–Crippen MR) is 73.9 cm³/mol. The molecule has 0 fully saturated rings. The number of hydrogen-bond donors (Lipinski definition) is 2. The van der Waals surface area contributed by atoms with Crippen molar-refractivity contribution in [2.75, 3.05) is 5.32 Å². The third kappa shape index (κ3) is 2.97. The van der Waals surface area contributed by atoms with Gasteiger partial charge in [0, 0.05) is 6.07 Å². The minimum absolute atomic E-state index is 0.0356. The fourth-order valence-corrected chi connectivity index (χ4v) is 1.75. The lowest BCUT2D eigenvalue weighted by atomic mass is 10.1. The van der Waals surface area contributed by atoms with E-state index in [2.05, 4.69) is 5.32 Å². The number of carbonyl (C=O) groups excluding carboxylic acids is 1. The van der Waals surface area contributed by atoms with Gasteiger partial charge in [-0.2, -0.15) is 0 Å². The topological polar surface area (TPSA) is 92.5 Å². The second kappa shape index (κ2) is 5.58. The Morgan fingerprint density at radius 3 is 2.67 bits per heavy atom. The molecule has 0 aliphatic rings. The van der Waals surface area contributed by atoms with Gasteiger partial charge in [-0.3, -0.25) is 14.9 Å². The number of halogens is 1. The Bertz CT molecular complexity index is 731. The van der Waals surface area contributed by atoms with Crippen LogP contribution in [0.1, 0.15) is 15.9 Å². The van der Waals surface area contributed by atoms with Crippen LogP contribution >= 0.6 is 0 Å². The molecule has 0 radical (unpaired) electrons. The molecule has 2 aromatic carbocycles. The Kier molecular flexibility index (Phi) is 3.84. The number of aromatic hydroxyl groups is 1. The quantitative estimate of drug-likeness (QED) is 0.516. The number of rotatable bonds is 3. The summed E-state index contributed by atoms with van der Waals surface area (Å²) in [6.45, 7) is 1.52. The van der Waals surface area contributed by atoms with E-state index in [1.165, 1.54) is 31.2 Å². The number of nitro benzene ring substituents is 1. The van der Waals surface area contributed by atoms with Crippen molar-refractivity contribution in [3.05, 3.63) is 63.5 Å². The maximum atomic E-state index is 13.8. The number of carbonyl (C=O) groups is 1. The van der Waals surface area contributed by atoms with Gasteiger partial charge < -0.3 is 10.4 Å². The number of hydrogen-bond acceptors (Lipinski definition) is 4. The lowest BCUT2D eigenvalue weighted by molar-refractivity contribution is -0.384. The molecule has 6 nitrogen and oxygen atoms in total. The van der Waals surface area contributed by atoms with E-state index < -0.39 is 22.4 Å². The molecule has 2 rings (SSSR count). The zero-order chi connectivity index (χ0) is 15.6. The fraction of sp³-hybridized carbons (Fsp3) is 0.0714. The number of phenols is 1. The summed E-state index contributed by atoms with van der Waals surface area (Å²) in [7, 11) is 0. The number of anilines is 1. The van der Waals surface area contributed by atoms with E-state index in [4.69, 9.17) is 0 Å². The summed E-state index contributed by atoms with van der Waals surface area (Å²) >= 11 is 0. The smallest absolute Gasteiger partial charge is 0.273 e. The Morgan fingerprint density at radius 2 is 2.05 bits per heavy atom. The average molecular weight is 290 g/mol. The van der Waals surface area contributed by atoms with Gasteiger partial charge in [0.1, 0.15) is 11.6 Å². The van der Waals surface area contributed by atoms with Crippen LogP contribution < -0.4 is 5.32 Å². The molecule has 0 aromatic heterocycles. The lowest BCUT2D eigenvalue weighted by Crippen LogP contribution is -2.14. The first-order chi connectivity index (χ1) is 9.90. The third-order valence-corrected chi connectivity index (χ3v) is 2.88. The maximum absolute atomic E-state index is 13.8. The lowest BCUT2D eigenvalue weighted by Gasteiger charge is -2.08. The van der Waals surface area contributed by atoms with Gasteiger partial charge in [0.05, 0.1) is 22.2 Å². The van der Waals surface area contributed by atoms with Crippen LogP contribution in [0.2, 0.25) is 0 Å². The summed E-state index contributed by atoms with van der Waals surface area (Å²) in [6, 6.07) is 7.57. The highest BCUT2D eigenvalue weighted by atomic mass is 19.1. The molecule has 7 heteroatoms. The highest BCUT2D eigenvalue weighted by molar-refractivity contribution is 6.05. The van der Waals surface area contributed by atoms with Crippen LogP contribution in [0, 0.1) is 22.9 Å². The van der Waals surface area contributed by atoms with Crippen LogP contribution in [-0.2, 0) is 0 Å². The largest absolute Gasteiger partial charge is 0.506 e. The Morgan fingerprint density at radius 1 is 1.33 bits per heavy atom. The molecule has 0 unspecified atom stereocenters. The number of aryl methyl sites for hydroxylation is 1. The highest BCUT2D eigenvalue weighted by Gasteiger charge is 2.16. The molecule has 21 heavy (non-hydrogen) atoms. The van der Waals surface area contributed by atoms with Gasteiger partial charge in [0.2, 0.25) is 0 Å². The average Bonchev–Trinajstić information content (AvgIpc) is 2.43. The fourth-order valence-electron chi connectivity index (χ4n) is 1.75. The van der Waals surface area contributed by atoms with Crippen LogP contribution in [0.25, 0.3) is 0 Å². The van der Waals surface area contributed by atoms with E-state index in [9.17, 15) is 24.4 Å². The SMILES string of the molecule is Cc1cccc(C(=O)Nc2ccc([N+](=O)[O-])cc2O)c1F. The van der Waals surface area contributed by atoms with Crippen molar-refractivity contribution < 1.29 is 19.2 Å². The Hall–Kier alpha value is -2.96. The first-order valence-corrected chi connectivity index (χ1v) is 5.94. The number of amides is 1. The molecule has 2 aromatic rings. The Labute approximate surface area is 119 Å². The van der Waals surface area contributed by atoms with Gasteiger partial charge in [-0.25, -0.2) is 4.39 Å². The molecule has 0 saturated heterocycles. The number of nitrogens with one attached hydrogen (secondary N) is 1. The normalized spacial score (nSPS) is 10.2. The number of nitrogens with zero attached hydrogens (tertiary/aromatic N) is 1. The van der Waals surface area contributed by atoms with E-state index in [-0.39, 0.29) is 16.9 Å². The van der Waals surface area contributed by atoms with Crippen LogP contribution in [-0.4, -0.2) is 15.9 Å². The summed E-state index contributed by atoms with van der Waals surface area (Å²) in [6.07, 6.45) is 0. The van der Waals surface area contributed by atoms with Gasteiger partial charge in [0.25, 0.3) is 11.6 Å². The van der Waals surface area contributed by atoms with E-state index in [1.54, 1.807) is 0 Å². The minimum atomic E-state index is -0.750. The molecule has 0 spiro atoms. The number of benzene rings is 2. The van der Waals surface area contributed by atoms with Crippen molar-refractivity contribution in [2.45, 2.75) is 6.92 Å². The molecule has 1 amide bonds. The zero-order valence-electron chi connectivity index (χ0n) is 11.0. The van der Waals surface area contributed by atoms with Gasteiger partial charge in [-0.1, -0.05) is 12.1 Å². The van der Waals surface area contributed by atoms with Gasteiger partial charge in [0.15, 0.2) is 0 Å². The third-order valence-electron chi connectivity index (χ3n) is 2.88. The molecular formula is C14H11FN2O4. The van der Waals surface area contributed by atoms with Gasteiger partial charge in [-0.05, 0) is 24.6 Å². The van der Waals surface area contributed by atoms with E-state index in [0.717, 1.165) is 12.1 Å². The van der Waals surface area contributed by atoms with Crippen molar-refractivity contribution in [1.82, 2.24) is 0 Å². The van der Waals surface area contributed by atoms with Gasteiger partial charge >= 0.3 is 0 Å². The molecule has 0 aliphatic carbocycles. The molecule has 0 heterocycles. The Balaban J connectivity index is 2.28. The predicted octanol–water partition coefficient (Wildman–Crippen LogP) is 3.00. The summed E-state index contributed by atoms with van der Waals surface area (Å²) < 4.78 is 13.8. The first-order valence-electron chi connectivity index (χ1n) is 5.94. The number of phenolic OH excluding ortho intramolecular Hbond substituents is 1. The monoisotopic (exact) mass is 290 g/mol. The molecule has 2 N–H and O–H groups in total. The van der Waals surface area contributed by atoms with Crippen LogP contribution in [0.3, 0.4) is 0 Å². The molecule has 108 valence electrons. The zero-order valence-corrected chi connectivity index (χ0v) is 11.0. The molecule has 0 saturated carbocycles. The van der Waals surface area contributed by atoms with Crippen molar-refractivity contribution in [1.29, 1.82) is 0 Å². The van der Waals surface area contributed by atoms with Crippen molar-refractivity contribution in [3.8, 4) is 5.75 Å². The summed E-state index contributed by atoms with van der Waals surface area (Å²) in [5.74, 6) is -1.87. The second-order valence-electron chi connectivity index (χ2n) is 4.35. The summed E-state index contributed by atoms with van der Waals surface area (Å²) in [5.41, 5.74) is -0.206. The molecule has 0 atom stereocenters. The van der Waals surface area contributed by atoms with Crippen molar-refractivity contribution >= 4 is 17.3 Å². The molecule has 0 aliphatic heterocycles. The standard InChI is InChI=1S/C14H11FN2O4/c1-8-3-2-4-10(13(8)15)14(19)16-11-6-5-9(17(20)21)7-12(11)18/h2-7,18H,1H3,(H,16,19). The van der Waals surface area contributed by atoms with E-state index in [1.807, 2.05) is 0 Å². The van der Waals surface area contributed by atoms with Crippen molar-refractivity contribution in [2.24, 2.45) is 0 Å². The number of non-ortho nitro benzene ring substituents is 1.